The van der Waals surface area contributed by atoms with Crippen molar-refractivity contribution in [3.63, 3.8) is 0 Å². The molecule has 9 nitrogen and oxygen atoms in total. The Labute approximate surface area is 155 Å². The zero-order chi connectivity index (χ0) is 20.2. The second-order valence-corrected chi connectivity index (χ2v) is 6.28. The Kier molecular flexibility index (Phi) is 6.42. The first-order valence-electron chi connectivity index (χ1n) is 8.32. The summed E-state index contributed by atoms with van der Waals surface area (Å²) in [5.74, 6) is -2.54. The largest absolute Gasteiger partial charge is 0.504 e. The second kappa shape index (κ2) is 8.38. The lowest BCUT2D eigenvalue weighted by Crippen LogP contribution is -2.57. The molecule has 5 N–H and O–H groups in total. The van der Waals surface area contributed by atoms with Crippen LogP contribution in [0.15, 0.2) is 24.3 Å². The first-order chi connectivity index (χ1) is 12.7. The van der Waals surface area contributed by atoms with Crippen molar-refractivity contribution in [2.75, 3.05) is 6.61 Å². The minimum Gasteiger partial charge on any atom is -0.504 e. The fourth-order valence-electron chi connectivity index (χ4n) is 2.79. The molecule has 2 rings (SSSR count). The molecule has 1 aliphatic rings. The Morgan fingerprint density at radius 2 is 1.93 bits per heavy atom. The van der Waals surface area contributed by atoms with Crippen molar-refractivity contribution in [2.24, 2.45) is 0 Å². The molecule has 0 radical (unpaired) electrons. The molecule has 0 spiro atoms. The van der Waals surface area contributed by atoms with Gasteiger partial charge in [-0.25, -0.2) is 9.59 Å². The third kappa shape index (κ3) is 4.97. The first-order valence-corrected chi connectivity index (χ1v) is 8.32. The van der Waals surface area contributed by atoms with Crippen LogP contribution >= 0.6 is 0 Å². The molecule has 0 saturated heterocycles. The number of carbonyl (C=O) groups excluding carboxylic acids is 2. The smallest absolute Gasteiger partial charge is 0.338 e. The number of aliphatic hydroxyl groups excluding tert-OH is 2. The van der Waals surface area contributed by atoms with Gasteiger partial charge in [-0.05, 0) is 30.7 Å². The van der Waals surface area contributed by atoms with Gasteiger partial charge >= 0.3 is 11.9 Å². The summed E-state index contributed by atoms with van der Waals surface area (Å²) >= 11 is 0. The van der Waals surface area contributed by atoms with Crippen LogP contribution < -0.4 is 0 Å². The Hall–Kier alpha value is -2.62. The summed E-state index contributed by atoms with van der Waals surface area (Å²) < 4.78 is 9.83. The molecule has 1 fully saturated rings. The lowest BCUT2D eigenvalue weighted by atomic mass is 9.79. The predicted molar refractivity (Wildman–Crippen MR) is 91.5 cm³/mol. The number of phenolic OH excluding ortho intramolecular Hbond substituents is 2. The molecule has 9 heteroatoms. The van der Waals surface area contributed by atoms with Crippen LogP contribution in [0.4, 0.5) is 0 Å². The van der Waals surface area contributed by atoms with Crippen LogP contribution in [0.1, 0.15) is 25.3 Å². The third-order valence-corrected chi connectivity index (χ3v) is 4.20. The van der Waals surface area contributed by atoms with E-state index in [2.05, 4.69) is 0 Å². The van der Waals surface area contributed by atoms with Crippen LogP contribution in [0, 0.1) is 0 Å². The normalized spacial score (nSPS) is 28.1. The number of hydrogen-bond acceptors (Lipinski definition) is 9. The quantitative estimate of drug-likeness (QED) is 0.265. The fourth-order valence-corrected chi connectivity index (χ4v) is 2.79. The van der Waals surface area contributed by atoms with E-state index in [1.165, 1.54) is 24.3 Å². The van der Waals surface area contributed by atoms with E-state index >= 15 is 0 Å². The fraction of sp³-hybridized carbons (Fsp3) is 0.444. The third-order valence-electron chi connectivity index (χ3n) is 4.20. The number of rotatable bonds is 5. The van der Waals surface area contributed by atoms with Gasteiger partial charge in [-0.1, -0.05) is 6.07 Å². The maximum Gasteiger partial charge on any atom is 0.338 e. The Bertz CT molecular complexity index is 730. The topological polar surface area (TPSA) is 154 Å². The molecule has 4 atom stereocenters. The lowest BCUT2D eigenvalue weighted by molar-refractivity contribution is -0.199. The predicted octanol–water partition coefficient (Wildman–Crippen LogP) is -0.167. The highest BCUT2D eigenvalue weighted by Gasteiger charge is 2.51. The molecule has 0 bridgehead atoms. The molecule has 0 aromatic heterocycles. The summed E-state index contributed by atoms with van der Waals surface area (Å²) in [4.78, 5) is 23.9. The molecule has 1 aromatic rings. The average molecular weight is 382 g/mol. The van der Waals surface area contributed by atoms with E-state index in [9.17, 15) is 35.1 Å². The summed E-state index contributed by atoms with van der Waals surface area (Å²) in [5, 5.41) is 49.0. The van der Waals surface area contributed by atoms with Crippen LogP contribution in [0.5, 0.6) is 11.5 Å². The summed E-state index contributed by atoms with van der Waals surface area (Å²) in [6.07, 6.45) is -2.85. The Morgan fingerprint density at radius 1 is 1.22 bits per heavy atom. The van der Waals surface area contributed by atoms with E-state index < -0.39 is 48.7 Å². The summed E-state index contributed by atoms with van der Waals surface area (Å²) in [5.41, 5.74) is -1.68. The number of aromatic hydroxyl groups is 2. The maximum absolute atomic E-state index is 12.0. The summed E-state index contributed by atoms with van der Waals surface area (Å²) in [6, 6.07) is 3.90. The molecule has 1 aliphatic carbocycles. The van der Waals surface area contributed by atoms with Gasteiger partial charge in [-0.3, -0.25) is 0 Å². The van der Waals surface area contributed by atoms with E-state index in [4.69, 9.17) is 9.47 Å². The standard InChI is InChI=1S/C18H22O9/c1-2-26-17(24)18(25)8-13(21)16(23)14(9-18)27-15(22)6-4-10-3-5-11(19)12(20)7-10/h3-7,13-14,16,19-21,23,25H,2,8-9H2,1H3/b6-4+/t13-,14-,16-,18+/m0/s1. The number of ether oxygens (including phenoxy) is 2. The zero-order valence-corrected chi connectivity index (χ0v) is 14.6. The summed E-state index contributed by atoms with van der Waals surface area (Å²) in [6.45, 7) is 1.57. The van der Waals surface area contributed by atoms with Crippen molar-refractivity contribution in [1.82, 2.24) is 0 Å². The first kappa shape index (κ1) is 20.7. The second-order valence-electron chi connectivity index (χ2n) is 6.28. The lowest BCUT2D eigenvalue weighted by Gasteiger charge is -2.39. The van der Waals surface area contributed by atoms with Gasteiger partial charge in [0.15, 0.2) is 17.1 Å². The van der Waals surface area contributed by atoms with Gasteiger partial charge in [0.05, 0.1) is 12.7 Å². The Balaban J connectivity index is 2.06. The molecule has 1 saturated carbocycles. The highest BCUT2D eigenvalue weighted by Crippen LogP contribution is 2.32. The van der Waals surface area contributed by atoms with Crippen molar-refractivity contribution in [3.8, 4) is 11.5 Å². The molecule has 0 heterocycles. The molecule has 0 amide bonds. The van der Waals surface area contributed by atoms with Gasteiger partial charge in [0.1, 0.15) is 12.2 Å². The van der Waals surface area contributed by atoms with Crippen molar-refractivity contribution in [1.29, 1.82) is 0 Å². The van der Waals surface area contributed by atoms with E-state index in [-0.39, 0.29) is 18.1 Å². The minimum atomic E-state index is -2.08. The average Bonchev–Trinajstić information content (AvgIpc) is 2.60. The number of esters is 2. The molecular formula is C18H22O9. The van der Waals surface area contributed by atoms with Crippen LogP contribution in [-0.2, 0) is 19.1 Å². The van der Waals surface area contributed by atoms with Crippen molar-refractivity contribution < 1.29 is 44.6 Å². The van der Waals surface area contributed by atoms with Gasteiger partial charge in [0.25, 0.3) is 0 Å². The van der Waals surface area contributed by atoms with Crippen LogP contribution in [0.3, 0.4) is 0 Å². The molecular weight excluding hydrogens is 360 g/mol. The minimum absolute atomic E-state index is 0.0203. The number of phenols is 2. The molecule has 0 aliphatic heterocycles. The molecule has 0 unspecified atom stereocenters. The number of aliphatic hydroxyl groups is 3. The van der Waals surface area contributed by atoms with Gasteiger partial charge in [-0.2, -0.15) is 0 Å². The van der Waals surface area contributed by atoms with Crippen LogP contribution in [-0.4, -0.2) is 68.0 Å². The van der Waals surface area contributed by atoms with E-state index in [0.29, 0.717) is 5.56 Å². The van der Waals surface area contributed by atoms with Gasteiger partial charge < -0.3 is 35.0 Å². The molecule has 148 valence electrons. The number of benzene rings is 1. The molecule has 27 heavy (non-hydrogen) atoms. The number of carbonyl (C=O) groups is 2. The van der Waals surface area contributed by atoms with Crippen molar-refractivity contribution in [3.05, 3.63) is 29.8 Å². The number of hydrogen-bond donors (Lipinski definition) is 5. The van der Waals surface area contributed by atoms with E-state index in [1.807, 2.05) is 0 Å². The maximum atomic E-state index is 12.0. The van der Waals surface area contributed by atoms with Gasteiger partial charge in [-0.15, -0.1) is 0 Å². The molecule has 1 aromatic carbocycles. The zero-order valence-electron chi connectivity index (χ0n) is 14.6. The van der Waals surface area contributed by atoms with E-state index in [1.54, 1.807) is 6.92 Å². The monoisotopic (exact) mass is 382 g/mol. The van der Waals surface area contributed by atoms with Crippen molar-refractivity contribution in [2.45, 2.75) is 43.7 Å². The summed E-state index contributed by atoms with van der Waals surface area (Å²) in [7, 11) is 0. The van der Waals surface area contributed by atoms with Gasteiger partial charge in [0.2, 0.25) is 0 Å². The highest BCUT2D eigenvalue weighted by molar-refractivity contribution is 5.87. The highest BCUT2D eigenvalue weighted by atomic mass is 16.6. The SMILES string of the molecule is CCOC(=O)[C@]1(O)C[C@H](OC(=O)/C=C/c2ccc(O)c(O)c2)[C@@H](O)[C@@H](O)C1. The Morgan fingerprint density at radius 3 is 2.56 bits per heavy atom. The van der Waals surface area contributed by atoms with E-state index in [0.717, 1.165) is 6.08 Å². The van der Waals surface area contributed by atoms with Crippen molar-refractivity contribution >= 4 is 18.0 Å². The van der Waals surface area contributed by atoms with Crippen LogP contribution in [0.25, 0.3) is 6.08 Å². The van der Waals surface area contributed by atoms with Gasteiger partial charge in [0, 0.05) is 18.9 Å². The van der Waals surface area contributed by atoms with Crippen LogP contribution in [0.2, 0.25) is 0 Å².